The van der Waals surface area contributed by atoms with E-state index >= 15 is 0 Å². The van der Waals surface area contributed by atoms with Gasteiger partial charge in [-0.15, -0.1) is 0 Å². The van der Waals surface area contributed by atoms with Crippen LogP contribution in [-0.4, -0.2) is 4.98 Å². The van der Waals surface area contributed by atoms with Crippen molar-refractivity contribution < 1.29 is 0 Å². The van der Waals surface area contributed by atoms with Gasteiger partial charge in [0, 0.05) is 6.20 Å². The van der Waals surface area contributed by atoms with Gasteiger partial charge in [0.2, 0.25) is 0 Å². The standard InChI is InChI=1S/C13H20ClN/c1-9(2)13(5,10(3)4)11-6-7-15-12(14)8-11/h6-10H,1-5H3. The van der Waals surface area contributed by atoms with Gasteiger partial charge in [-0.05, 0) is 34.9 Å². The Morgan fingerprint density at radius 2 is 1.73 bits per heavy atom. The maximum atomic E-state index is 5.95. The molecule has 0 N–H and O–H groups in total. The Morgan fingerprint density at radius 3 is 2.13 bits per heavy atom. The summed E-state index contributed by atoms with van der Waals surface area (Å²) in [5.74, 6) is 1.16. The van der Waals surface area contributed by atoms with Crippen LogP contribution in [0.25, 0.3) is 0 Å². The monoisotopic (exact) mass is 225 g/mol. The smallest absolute Gasteiger partial charge is 0.129 e. The van der Waals surface area contributed by atoms with Gasteiger partial charge < -0.3 is 0 Å². The van der Waals surface area contributed by atoms with Crippen molar-refractivity contribution in [2.24, 2.45) is 11.8 Å². The van der Waals surface area contributed by atoms with E-state index in [9.17, 15) is 0 Å². The van der Waals surface area contributed by atoms with E-state index < -0.39 is 0 Å². The van der Waals surface area contributed by atoms with Gasteiger partial charge in [-0.25, -0.2) is 4.98 Å². The molecule has 2 heteroatoms. The molecule has 0 amide bonds. The summed E-state index contributed by atoms with van der Waals surface area (Å²) in [5.41, 5.74) is 1.44. The van der Waals surface area contributed by atoms with Crippen molar-refractivity contribution in [2.75, 3.05) is 0 Å². The number of nitrogens with zero attached hydrogens (tertiary/aromatic N) is 1. The van der Waals surface area contributed by atoms with Crippen molar-refractivity contribution in [1.82, 2.24) is 4.98 Å². The lowest BCUT2D eigenvalue weighted by Crippen LogP contribution is -2.34. The van der Waals surface area contributed by atoms with E-state index in [0.29, 0.717) is 17.0 Å². The summed E-state index contributed by atoms with van der Waals surface area (Å²) in [6, 6.07) is 4.06. The van der Waals surface area contributed by atoms with E-state index in [1.165, 1.54) is 5.56 Å². The van der Waals surface area contributed by atoms with Crippen molar-refractivity contribution in [1.29, 1.82) is 0 Å². The fourth-order valence-corrected chi connectivity index (χ4v) is 2.24. The summed E-state index contributed by atoms with van der Waals surface area (Å²) in [7, 11) is 0. The molecule has 1 aromatic rings. The zero-order valence-electron chi connectivity index (χ0n) is 10.2. The molecule has 1 nitrogen and oxygen atoms in total. The van der Waals surface area contributed by atoms with E-state index in [0.717, 1.165) is 0 Å². The Balaban J connectivity index is 3.21. The third-order valence-electron chi connectivity index (χ3n) is 3.75. The van der Waals surface area contributed by atoms with E-state index in [4.69, 9.17) is 11.6 Å². The summed E-state index contributed by atoms with van der Waals surface area (Å²) in [5, 5.41) is 0.583. The summed E-state index contributed by atoms with van der Waals surface area (Å²) in [6.45, 7) is 11.3. The lowest BCUT2D eigenvalue weighted by atomic mass is 9.66. The highest BCUT2D eigenvalue weighted by atomic mass is 35.5. The quantitative estimate of drug-likeness (QED) is 0.699. The molecule has 0 aromatic carbocycles. The van der Waals surface area contributed by atoms with E-state index in [1.54, 1.807) is 6.20 Å². The Labute approximate surface area is 97.9 Å². The number of hydrogen-bond donors (Lipinski definition) is 0. The molecule has 0 radical (unpaired) electrons. The second-order valence-corrected chi connectivity index (χ2v) is 5.35. The van der Waals surface area contributed by atoms with Gasteiger partial charge in [0.1, 0.15) is 5.15 Å². The van der Waals surface area contributed by atoms with Gasteiger partial charge >= 0.3 is 0 Å². The average molecular weight is 226 g/mol. The van der Waals surface area contributed by atoms with Crippen molar-refractivity contribution in [2.45, 2.75) is 40.0 Å². The summed E-state index contributed by atoms with van der Waals surface area (Å²) in [6.07, 6.45) is 1.79. The number of pyridine rings is 1. The van der Waals surface area contributed by atoms with E-state index in [-0.39, 0.29) is 5.41 Å². The first-order valence-electron chi connectivity index (χ1n) is 5.51. The zero-order valence-corrected chi connectivity index (χ0v) is 11.0. The fraction of sp³-hybridized carbons (Fsp3) is 0.615. The van der Waals surface area contributed by atoms with Crippen LogP contribution in [0.5, 0.6) is 0 Å². The molecule has 0 fully saturated rings. The summed E-state index contributed by atoms with van der Waals surface area (Å²) < 4.78 is 0. The molecular formula is C13H20ClN. The predicted octanol–water partition coefficient (Wildman–Crippen LogP) is 4.30. The van der Waals surface area contributed by atoms with Crippen LogP contribution in [0, 0.1) is 11.8 Å². The third kappa shape index (κ3) is 2.34. The molecule has 84 valence electrons. The average Bonchev–Trinajstić information content (AvgIpc) is 2.15. The molecule has 0 saturated carbocycles. The number of halogens is 1. The Morgan fingerprint density at radius 1 is 1.20 bits per heavy atom. The number of hydrogen-bond acceptors (Lipinski definition) is 1. The second-order valence-electron chi connectivity index (χ2n) is 4.96. The molecule has 1 rings (SSSR count). The topological polar surface area (TPSA) is 12.9 Å². The first kappa shape index (κ1) is 12.5. The second kappa shape index (κ2) is 4.52. The molecule has 1 aromatic heterocycles. The summed E-state index contributed by atoms with van der Waals surface area (Å²) in [4.78, 5) is 4.04. The molecule has 1 heterocycles. The Hall–Kier alpha value is -0.560. The molecular weight excluding hydrogens is 206 g/mol. The maximum Gasteiger partial charge on any atom is 0.129 e. The largest absolute Gasteiger partial charge is 0.245 e. The minimum Gasteiger partial charge on any atom is -0.245 e. The van der Waals surface area contributed by atoms with E-state index in [2.05, 4.69) is 45.7 Å². The van der Waals surface area contributed by atoms with Crippen LogP contribution in [0.2, 0.25) is 5.15 Å². The lowest BCUT2D eigenvalue weighted by Gasteiger charge is -2.38. The third-order valence-corrected chi connectivity index (χ3v) is 3.95. The molecule has 0 aliphatic carbocycles. The van der Waals surface area contributed by atoms with Gasteiger partial charge in [-0.2, -0.15) is 0 Å². The SMILES string of the molecule is CC(C)C(C)(c1ccnc(Cl)c1)C(C)C. The Bertz CT molecular complexity index is 323. The van der Waals surface area contributed by atoms with Crippen LogP contribution in [0.15, 0.2) is 18.3 Å². The van der Waals surface area contributed by atoms with Crippen molar-refractivity contribution >= 4 is 11.6 Å². The molecule has 0 unspecified atom stereocenters. The van der Waals surface area contributed by atoms with Crippen LogP contribution in [-0.2, 0) is 5.41 Å². The fourth-order valence-electron chi connectivity index (χ4n) is 2.07. The molecule has 15 heavy (non-hydrogen) atoms. The molecule has 0 spiro atoms. The lowest BCUT2D eigenvalue weighted by molar-refractivity contribution is 0.244. The van der Waals surface area contributed by atoms with Crippen molar-refractivity contribution in [3.05, 3.63) is 29.0 Å². The van der Waals surface area contributed by atoms with Gasteiger partial charge in [0.05, 0.1) is 0 Å². The zero-order chi connectivity index (χ0) is 11.6. The molecule has 0 saturated heterocycles. The van der Waals surface area contributed by atoms with Gasteiger partial charge in [-0.3, -0.25) is 0 Å². The van der Waals surface area contributed by atoms with Crippen molar-refractivity contribution in [3.63, 3.8) is 0 Å². The number of rotatable bonds is 3. The highest BCUT2D eigenvalue weighted by Gasteiger charge is 2.33. The Kier molecular flexibility index (Phi) is 3.77. The van der Waals surface area contributed by atoms with Gasteiger partial charge in [-0.1, -0.05) is 46.2 Å². The molecule has 0 bridgehead atoms. The predicted molar refractivity (Wildman–Crippen MR) is 66.3 cm³/mol. The number of aromatic nitrogens is 1. The van der Waals surface area contributed by atoms with Gasteiger partial charge in [0.15, 0.2) is 0 Å². The maximum absolute atomic E-state index is 5.95. The summed E-state index contributed by atoms with van der Waals surface area (Å²) >= 11 is 5.95. The van der Waals surface area contributed by atoms with Crippen LogP contribution in [0.4, 0.5) is 0 Å². The van der Waals surface area contributed by atoms with Crippen LogP contribution in [0.1, 0.15) is 40.2 Å². The first-order valence-corrected chi connectivity index (χ1v) is 5.88. The highest BCUT2D eigenvalue weighted by molar-refractivity contribution is 6.29. The van der Waals surface area contributed by atoms with E-state index in [1.807, 2.05) is 6.07 Å². The molecule has 0 aliphatic heterocycles. The first-order chi connectivity index (χ1) is 6.89. The normalized spacial score (nSPS) is 12.5. The van der Waals surface area contributed by atoms with Crippen LogP contribution >= 0.6 is 11.6 Å². The molecule has 0 atom stereocenters. The minimum atomic E-state index is 0.159. The van der Waals surface area contributed by atoms with Crippen LogP contribution < -0.4 is 0 Å². The van der Waals surface area contributed by atoms with Crippen molar-refractivity contribution in [3.8, 4) is 0 Å². The van der Waals surface area contributed by atoms with Gasteiger partial charge in [0.25, 0.3) is 0 Å². The van der Waals surface area contributed by atoms with Crippen LogP contribution in [0.3, 0.4) is 0 Å². The minimum absolute atomic E-state index is 0.159. The highest BCUT2D eigenvalue weighted by Crippen LogP contribution is 2.39. The molecule has 0 aliphatic rings.